The molecule has 0 amide bonds. The number of hydrogen-bond acceptors (Lipinski definition) is 4. The van der Waals surface area contributed by atoms with E-state index in [1.165, 1.54) is 5.56 Å². The number of nitrogens with two attached hydrogens (primary N) is 1. The number of hydrogen-bond donors (Lipinski definition) is 3. The first kappa shape index (κ1) is 16.9. The van der Waals surface area contributed by atoms with Crippen LogP contribution < -0.4 is 11.2 Å². The fourth-order valence-electron chi connectivity index (χ4n) is 4.78. The molecule has 0 aromatic heterocycles. The first-order chi connectivity index (χ1) is 11.1. The summed E-state index contributed by atoms with van der Waals surface area (Å²) in [5.41, 5.74) is 9.30. The molecular weight excluding hydrogens is 288 g/mol. The van der Waals surface area contributed by atoms with Gasteiger partial charge in [0.2, 0.25) is 0 Å². The van der Waals surface area contributed by atoms with Crippen molar-refractivity contribution >= 4 is 0 Å². The van der Waals surface area contributed by atoms with E-state index in [9.17, 15) is 5.11 Å². The van der Waals surface area contributed by atoms with Gasteiger partial charge in [0.1, 0.15) is 0 Å². The van der Waals surface area contributed by atoms with Crippen LogP contribution in [0, 0.1) is 11.3 Å². The maximum Gasteiger partial charge on any atom is 0.0804 e. The first-order valence-electron chi connectivity index (χ1n) is 8.91. The van der Waals surface area contributed by atoms with Crippen molar-refractivity contribution in [3.63, 3.8) is 0 Å². The number of nitrogens with one attached hydrogen (secondary N) is 1. The molecule has 1 aromatic rings. The van der Waals surface area contributed by atoms with Crippen molar-refractivity contribution in [3.05, 3.63) is 35.9 Å². The molecule has 0 unspecified atom stereocenters. The Balaban J connectivity index is 1.66. The van der Waals surface area contributed by atoms with Crippen LogP contribution in [0.15, 0.2) is 30.3 Å². The maximum absolute atomic E-state index is 11.4. The quantitative estimate of drug-likeness (QED) is 0.557. The molecule has 0 heterocycles. The van der Waals surface area contributed by atoms with Gasteiger partial charge >= 0.3 is 0 Å². The van der Waals surface area contributed by atoms with Gasteiger partial charge in [0.25, 0.3) is 0 Å². The van der Waals surface area contributed by atoms with Crippen molar-refractivity contribution in [1.29, 1.82) is 0 Å². The lowest BCUT2D eigenvalue weighted by molar-refractivity contribution is -0.109. The minimum absolute atomic E-state index is 0.0165. The molecular formula is C19H30N2O2. The van der Waals surface area contributed by atoms with Gasteiger partial charge in [0.05, 0.1) is 12.2 Å². The summed E-state index contributed by atoms with van der Waals surface area (Å²) < 4.78 is 0. The van der Waals surface area contributed by atoms with Gasteiger partial charge in [-0.05, 0) is 49.5 Å². The van der Waals surface area contributed by atoms with Crippen LogP contribution in [0.25, 0.3) is 0 Å². The predicted octanol–water partition coefficient (Wildman–Crippen LogP) is 2.58. The second kappa shape index (κ2) is 6.89. The van der Waals surface area contributed by atoms with Crippen molar-refractivity contribution in [3.8, 4) is 0 Å². The zero-order valence-corrected chi connectivity index (χ0v) is 14.1. The van der Waals surface area contributed by atoms with Crippen LogP contribution in [0.3, 0.4) is 0 Å². The van der Waals surface area contributed by atoms with Crippen LogP contribution in [0.5, 0.6) is 0 Å². The third-order valence-corrected chi connectivity index (χ3v) is 6.39. The van der Waals surface area contributed by atoms with Crippen LogP contribution >= 0.6 is 0 Å². The first-order valence-corrected chi connectivity index (χ1v) is 8.91. The summed E-state index contributed by atoms with van der Waals surface area (Å²) in [5, 5.41) is 11.4. The average molecular weight is 318 g/mol. The summed E-state index contributed by atoms with van der Waals surface area (Å²) in [6.07, 6.45) is 5.08. The fourth-order valence-corrected chi connectivity index (χ4v) is 4.78. The summed E-state index contributed by atoms with van der Waals surface area (Å²) in [6, 6.07) is 10.7. The van der Waals surface area contributed by atoms with E-state index in [-0.39, 0.29) is 5.41 Å². The number of fused-ring (bicyclic) bond motifs is 1. The zero-order valence-electron chi connectivity index (χ0n) is 14.1. The Kier molecular flexibility index (Phi) is 5.07. The lowest BCUT2D eigenvalue weighted by Gasteiger charge is -2.49. The van der Waals surface area contributed by atoms with E-state index in [0.717, 1.165) is 38.6 Å². The molecule has 4 nitrogen and oxygen atoms in total. The molecule has 0 radical (unpaired) electrons. The third-order valence-electron chi connectivity index (χ3n) is 6.39. The van der Waals surface area contributed by atoms with Gasteiger partial charge in [0, 0.05) is 18.5 Å². The molecule has 128 valence electrons. The molecule has 2 aliphatic carbocycles. The Morgan fingerprint density at radius 3 is 2.78 bits per heavy atom. The molecule has 23 heavy (non-hydrogen) atoms. The van der Waals surface area contributed by atoms with Crippen LogP contribution in [0.4, 0.5) is 0 Å². The smallest absolute Gasteiger partial charge is 0.0804 e. The van der Waals surface area contributed by atoms with Crippen molar-refractivity contribution in [2.45, 2.75) is 50.5 Å². The largest absolute Gasteiger partial charge is 0.389 e. The zero-order chi connectivity index (χ0) is 16.3. The minimum atomic E-state index is -0.550. The van der Waals surface area contributed by atoms with E-state index < -0.39 is 5.60 Å². The molecule has 0 spiro atoms. The molecule has 1 aromatic carbocycles. The SMILES string of the molecule is C[C@]12CC[C@H](c3ccccc3)C[C@@]1(O)CC[C@@H]2CNOCCN. The maximum atomic E-state index is 11.4. The van der Waals surface area contributed by atoms with E-state index in [1.807, 2.05) is 0 Å². The summed E-state index contributed by atoms with van der Waals surface area (Å²) in [5.74, 6) is 0.941. The highest BCUT2D eigenvalue weighted by Gasteiger charge is 2.58. The average Bonchev–Trinajstić information content (AvgIpc) is 2.83. The molecule has 2 fully saturated rings. The Morgan fingerprint density at radius 2 is 2.04 bits per heavy atom. The van der Waals surface area contributed by atoms with Gasteiger partial charge in [-0.1, -0.05) is 37.3 Å². The topological polar surface area (TPSA) is 67.5 Å². The van der Waals surface area contributed by atoms with Gasteiger partial charge in [-0.3, -0.25) is 0 Å². The monoisotopic (exact) mass is 318 g/mol. The van der Waals surface area contributed by atoms with Gasteiger partial charge in [-0.25, -0.2) is 5.48 Å². The van der Waals surface area contributed by atoms with Gasteiger partial charge in [-0.15, -0.1) is 0 Å². The van der Waals surface area contributed by atoms with Crippen molar-refractivity contribution < 1.29 is 9.94 Å². The molecule has 3 rings (SSSR count). The van der Waals surface area contributed by atoms with E-state index >= 15 is 0 Å². The van der Waals surface area contributed by atoms with Crippen LogP contribution in [0.1, 0.15) is 50.5 Å². The van der Waals surface area contributed by atoms with Crippen LogP contribution in [0.2, 0.25) is 0 Å². The van der Waals surface area contributed by atoms with Crippen molar-refractivity contribution in [2.24, 2.45) is 17.1 Å². The molecule has 4 N–H and O–H groups in total. The highest BCUT2D eigenvalue weighted by atomic mass is 16.6. The number of rotatable bonds is 6. The lowest BCUT2D eigenvalue weighted by Crippen LogP contribution is -2.50. The van der Waals surface area contributed by atoms with Crippen molar-refractivity contribution in [1.82, 2.24) is 5.48 Å². The molecule has 2 aliphatic rings. The Morgan fingerprint density at radius 1 is 1.26 bits per heavy atom. The van der Waals surface area contributed by atoms with E-state index in [2.05, 4.69) is 42.7 Å². The number of benzene rings is 1. The Hall–Kier alpha value is -0.940. The number of aliphatic hydroxyl groups is 1. The predicted molar refractivity (Wildman–Crippen MR) is 91.8 cm³/mol. The fraction of sp³-hybridized carbons (Fsp3) is 0.684. The van der Waals surface area contributed by atoms with E-state index in [0.29, 0.717) is 25.0 Å². The normalized spacial score (nSPS) is 36.8. The highest BCUT2D eigenvalue weighted by molar-refractivity contribution is 5.23. The van der Waals surface area contributed by atoms with Crippen LogP contribution in [-0.2, 0) is 4.84 Å². The van der Waals surface area contributed by atoms with E-state index in [4.69, 9.17) is 10.6 Å². The Labute approximate surface area is 139 Å². The molecule has 0 saturated heterocycles. The second-order valence-corrected chi connectivity index (χ2v) is 7.52. The minimum Gasteiger partial charge on any atom is -0.389 e. The lowest BCUT2D eigenvalue weighted by atomic mass is 9.59. The molecule has 0 bridgehead atoms. The van der Waals surface area contributed by atoms with Crippen molar-refractivity contribution in [2.75, 3.05) is 19.7 Å². The van der Waals surface area contributed by atoms with Gasteiger partial charge in [0.15, 0.2) is 0 Å². The number of hydroxylamine groups is 1. The Bertz CT molecular complexity index is 509. The summed E-state index contributed by atoms with van der Waals surface area (Å²) >= 11 is 0. The molecule has 4 heteroatoms. The van der Waals surface area contributed by atoms with E-state index in [1.54, 1.807) is 0 Å². The second-order valence-electron chi connectivity index (χ2n) is 7.52. The molecule has 2 saturated carbocycles. The highest BCUT2D eigenvalue weighted by Crippen LogP contribution is 2.60. The summed E-state index contributed by atoms with van der Waals surface area (Å²) in [4.78, 5) is 5.34. The molecule has 4 atom stereocenters. The third kappa shape index (κ3) is 3.18. The van der Waals surface area contributed by atoms with Gasteiger partial charge in [-0.2, -0.15) is 0 Å². The van der Waals surface area contributed by atoms with Gasteiger partial charge < -0.3 is 15.7 Å². The molecule has 0 aliphatic heterocycles. The van der Waals surface area contributed by atoms with Crippen LogP contribution in [-0.4, -0.2) is 30.4 Å². The summed E-state index contributed by atoms with van der Waals surface area (Å²) in [7, 11) is 0. The summed E-state index contributed by atoms with van der Waals surface area (Å²) in [6.45, 7) is 4.13. The standard InChI is InChI=1S/C19H30N2O2/c1-18-9-7-16(15-5-3-2-4-6-15)13-19(18,22)10-8-17(18)14-21-23-12-11-20/h2-6,16-17,21-22H,7-14,20H2,1H3/t16-,17+,18+,19-/m0/s1.